The number of allylic oxidation sites excluding steroid dienone is 1. The van der Waals surface area contributed by atoms with Gasteiger partial charge in [0.1, 0.15) is 5.92 Å². The maximum atomic E-state index is 11.9. The average molecular weight is 504 g/mol. The van der Waals surface area contributed by atoms with Crippen LogP contribution in [0.3, 0.4) is 0 Å². The van der Waals surface area contributed by atoms with Gasteiger partial charge in [-0.1, -0.05) is 41.5 Å². The quantitative estimate of drug-likeness (QED) is 0.196. The Morgan fingerprint density at radius 2 is 1.25 bits per heavy atom. The van der Waals surface area contributed by atoms with Gasteiger partial charge < -0.3 is 30.3 Å². The third kappa shape index (κ3) is 12.8. The van der Waals surface area contributed by atoms with Crippen LogP contribution < -0.4 is 0 Å². The van der Waals surface area contributed by atoms with Crippen LogP contribution in [0.5, 0.6) is 0 Å². The van der Waals surface area contributed by atoms with Crippen LogP contribution >= 0.6 is 0 Å². The largest absolute Gasteiger partial charge is 0.481 e. The Morgan fingerprint density at radius 3 is 1.78 bits per heavy atom. The fourth-order valence-electron chi connectivity index (χ4n) is 3.36. The minimum Gasteiger partial charge on any atom is -0.481 e. The first-order chi connectivity index (χ1) is 17.0. The Balaban J connectivity index is 2.99. The summed E-state index contributed by atoms with van der Waals surface area (Å²) in [5, 5.41) is 45.9. The van der Waals surface area contributed by atoms with Crippen molar-refractivity contribution in [2.24, 2.45) is 5.92 Å². The lowest BCUT2D eigenvalue weighted by molar-refractivity contribution is -0.142. The average Bonchev–Trinajstić information content (AvgIpc) is 2.76. The zero-order chi connectivity index (χ0) is 27.1. The summed E-state index contributed by atoms with van der Waals surface area (Å²) in [5.74, 6) is -7.90. The number of carboxylic acids is 5. The van der Waals surface area contributed by atoms with E-state index in [1.54, 1.807) is 24.3 Å². The van der Waals surface area contributed by atoms with Crippen LogP contribution in [0.4, 0.5) is 0 Å². The molecule has 11 heteroatoms. The molecule has 36 heavy (non-hydrogen) atoms. The van der Waals surface area contributed by atoms with Crippen LogP contribution in [-0.2, 0) is 35.3 Å². The second kappa shape index (κ2) is 15.6. The zero-order valence-corrected chi connectivity index (χ0v) is 19.3. The number of rotatable bonds is 17. The lowest BCUT2D eigenvalue weighted by Gasteiger charge is -2.18. The molecule has 0 aliphatic rings. The summed E-state index contributed by atoms with van der Waals surface area (Å²) in [5.41, 5.74) is 1.12. The second-order valence-electron chi connectivity index (χ2n) is 7.80. The number of ether oxygens (including phenoxy) is 1. The molecule has 0 fully saturated rings. The molecule has 194 valence electrons. The molecule has 0 saturated heterocycles. The summed E-state index contributed by atoms with van der Waals surface area (Å²) in [7, 11) is 0. The van der Waals surface area contributed by atoms with Crippen LogP contribution in [0.1, 0.15) is 37.7 Å². The van der Waals surface area contributed by atoms with Crippen LogP contribution in [0.2, 0.25) is 0 Å². The maximum absolute atomic E-state index is 11.9. The molecule has 0 radical (unpaired) electrons. The Hall–Kier alpha value is -4.25. The fraction of sp³-hybridized carbons (Fsp3) is 0.320. The highest BCUT2D eigenvalue weighted by Gasteiger charge is 2.24. The predicted molar refractivity (Wildman–Crippen MR) is 125 cm³/mol. The normalized spacial score (nSPS) is 13.2. The van der Waals surface area contributed by atoms with Crippen molar-refractivity contribution >= 4 is 29.8 Å². The van der Waals surface area contributed by atoms with Crippen LogP contribution in [-0.4, -0.2) is 62.0 Å². The summed E-state index contributed by atoms with van der Waals surface area (Å²) in [6.07, 6.45) is 1.58. The summed E-state index contributed by atoms with van der Waals surface area (Å²) in [6, 6.07) is 8.94. The van der Waals surface area contributed by atoms with Gasteiger partial charge in [0.15, 0.2) is 0 Å². The minimum atomic E-state index is -1.38. The lowest BCUT2D eigenvalue weighted by atomic mass is 9.91. The summed E-state index contributed by atoms with van der Waals surface area (Å²) < 4.78 is 5.49. The molecule has 1 rings (SSSR count). The molecule has 1 unspecified atom stereocenters. The van der Waals surface area contributed by atoms with Gasteiger partial charge in [0, 0.05) is 18.2 Å². The molecule has 1 aromatic carbocycles. The highest BCUT2D eigenvalue weighted by Crippen LogP contribution is 2.25. The number of hydrogen-bond donors (Lipinski definition) is 5. The van der Waals surface area contributed by atoms with Crippen molar-refractivity contribution in [1.29, 1.82) is 0 Å². The molecule has 0 bridgehead atoms. The number of benzene rings is 1. The topological polar surface area (TPSA) is 196 Å². The molecule has 11 nitrogen and oxygen atoms in total. The van der Waals surface area contributed by atoms with E-state index in [9.17, 15) is 39.3 Å². The molecular formula is C25H28O11. The van der Waals surface area contributed by atoms with E-state index in [1.807, 2.05) is 6.07 Å². The molecule has 5 N–H and O–H groups in total. The van der Waals surface area contributed by atoms with Gasteiger partial charge in [0.25, 0.3) is 0 Å². The molecule has 0 aromatic heterocycles. The summed E-state index contributed by atoms with van der Waals surface area (Å²) in [4.78, 5) is 56.4. The Kier molecular flexibility index (Phi) is 12.9. The smallest absolute Gasteiger partial charge is 0.328 e. The van der Waals surface area contributed by atoms with Crippen molar-refractivity contribution in [2.45, 2.75) is 38.7 Å². The van der Waals surface area contributed by atoms with Crippen molar-refractivity contribution in [1.82, 2.24) is 0 Å². The Labute approximate surface area is 206 Å². The first kappa shape index (κ1) is 29.8. The van der Waals surface area contributed by atoms with Gasteiger partial charge in [0.05, 0.1) is 19.6 Å². The summed E-state index contributed by atoms with van der Waals surface area (Å²) in [6.45, 7) is -0.206. The van der Waals surface area contributed by atoms with Crippen molar-refractivity contribution in [2.75, 3.05) is 6.61 Å². The molecule has 0 heterocycles. The third-order valence-electron chi connectivity index (χ3n) is 4.99. The summed E-state index contributed by atoms with van der Waals surface area (Å²) >= 11 is 0. The van der Waals surface area contributed by atoms with E-state index in [0.717, 1.165) is 23.8 Å². The molecule has 0 aliphatic carbocycles. The van der Waals surface area contributed by atoms with Crippen molar-refractivity contribution < 1.29 is 54.2 Å². The van der Waals surface area contributed by atoms with E-state index in [1.165, 1.54) is 0 Å². The van der Waals surface area contributed by atoms with Crippen molar-refractivity contribution in [3.8, 4) is 0 Å². The monoisotopic (exact) mass is 504 g/mol. The molecule has 0 spiro atoms. The maximum Gasteiger partial charge on any atom is 0.328 e. The van der Waals surface area contributed by atoms with Crippen LogP contribution in [0.25, 0.3) is 0 Å². The first-order valence-corrected chi connectivity index (χ1v) is 10.8. The van der Waals surface area contributed by atoms with Crippen molar-refractivity contribution in [3.63, 3.8) is 0 Å². The number of carboxylic acid groups (broad SMARTS) is 5. The number of aliphatic carboxylic acids is 5. The number of carbonyl (C=O) groups is 5. The van der Waals surface area contributed by atoms with Gasteiger partial charge >= 0.3 is 29.8 Å². The molecule has 1 atom stereocenters. The fourth-order valence-corrected chi connectivity index (χ4v) is 3.36. The SMILES string of the molecule is O=C(O)C=C(CCC(=CC(=O)O)CC(=O)O)CCC(=CC(=O)O)C(COCc1ccccc1)C(=O)O. The highest BCUT2D eigenvalue weighted by molar-refractivity contribution is 5.84. The molecular weight excluding hydrogens is 476 g/mol. The van der Waals surface area contributed by atoms with E-state index in [2.05, 4.69) is 0 Å². The van der Waals surface area contributed by atoms with E-state index in [-0.39, 0.29) is 55.6 Å². The highest BCUT2D eigenvalue weighted by atomic mass is 16.5. The van der Waals surface area contributed by atoms with Crippen LogP contribution in [0, 0.1) is 5.92 Å². The van der Waals surface area contributed by atoms with Crippen molar-refractivity contribution in [3.05, 3.63) is 70.8 Å². The van der Waals surface area contributed by atoms with Gasteiger partial charge in [-0.3, -0.25) is 9.59 Å². The predicted octanol–water partition coefficient (Wildman–Crippen LogP) is 2.97. The zero-order valence-electron chi connectivity index (χ0n) is 19.3. The van der Waals surface area contributed by atoms with E-state index < -0.39 is 42.2 Å². The standard InChI is InChI=1S/C25H28O11/c26-21(27)10-16(6-7-18(11-22(28)29)12-23(30)31)8-9-19(13-24(32)33)20(25(34)35)15-36-14-17-4-2-1-3-5-17/h1-5,10-11,13,20H,6-9,12,14-15H2,(H,26,27)(H,28,29)(H,30,31)(H,32,33)(H,34,35). The first-order valence-electron chi connectivity index (χ1n) is 10.8. The molecule has 0 aliphatic heterocycles. The van der Waals surface area contributed by atoms with Gasteiger partial charge in [0.2, 0.25) is 0 Å². The van der Waals surface area contributed by atoms with Gasteiger partial charge in [-0.25, -0.2) is 14.4 Å². The van der Waals surface area contributed by atoms with Gasteiger partial charge in [-0.05, 0) is 36.8 Å². The number of hydrogen-bond acceptors (Lipinski definition) is 6. The minimum absolute atomic E-state index is 0.00573. The second-order valence-corrected chi connectivity index (χ2v) is 7.80. The van der Waals surface area contributed by atoms with Crippen LogP contribution in [0.15, 0.2) is 65.3 Å². The van der Waals surface area contributed by atoms with Gasteiger partial charge in [-0.2, -0.15) is 0 Å². The Morgan fingerprint density at radius 1 is 0.722 bits per heavy atom. The van der Waals surface area contributed by atoms with E-state index >= 15 is 0 Å². The Bertz CT molecular complexity index is 1040. The van der Waals surface area contributed by atoms with Gasteiger partial charge in [-0.15, -0.1) is 0 Å². The third-order valence-corrected chi connectivity index (χ3v) is 4.99. The molecule has 1 aromatic rings. The van der Waals surface area contributed by atoms with E-state index in [4.69, 9.17) is 14.9 Å². The molecule has 0 saturated carbocycles. The van der Waals surface area contributed by atoms with E-state index in [0.29, 0.717) is 0 Å². The lowest BCUT2D eigenvalue weighted by Crippen LogP contribution is -2.23. The molecule has 0 amide bonds.